The van der Waals surface area contributed by atoms with Crippen molar-refractivity contribution in [1.82, 2.24) is 14.8 Å². The standard InChI is InChI=1S/C18H21ClN4O/c19-15-11-20-8-7-17(15)22-9-3-5-14(22)12-23-18(24)10-13-4-1-2-6-16(13)21-23/h7-8,10-11,14H,1-6,9,12H2. The van der Waals surface area contributed by atoms with Gasteiger partial charge in [0.25, 0.3) is 5.56 Å². The monoisotopic (exact) mass is 344 g/mol. The van der Waals surface area contributed by atoms with Crippen molar-refractivity contribution in [2.24, 2.45) is 0 Å². The van der Waals surface area contributed by atoms with Crippen LogP contribution in [0.1, 0.15) is 36.9 Å². The summed E-state index contributed by atoms with van der Waals surface area (Å²) >= 11 is 6.31. The summed E-state index contributed by atoms with van der Waals surface area (Å²) < 4.78 is 1.65. The minimum absolute atomic E-state index is 0.0170. The van der Waals surface area contributed by atoms with E-state index in [-0.39, 0.29) is 11.6 Å². The van der Waals surface area contributed by atoms with E-state index in [9.17, 15) is 4.79 Å². The molecule has 1 aliphatic carbocycles. The molecule has 1 atom stereocenters. The number of hydrogen-bond acceptors (Lipinski definition) is 4. The van der Waals surface area contributed by atoms with Gasteiger partial charge in [-0.1, -0.05) is 11.6 Å². The number of hydrogen-bond donors (Lipinski definition) is 0. The van der Waals surface area contributed by atoms with Gasteiger partial charge in [0.1, 0.15) is 0 Å². The molecule has 1 aliphatic heterocycles. The van der Waals surface area contributed by atoms with Crippen LogP contribution in [0.15, 0.2) is 29.3 Å². The van der Waals surface area contributed by atoms with Gasteiger partial charge in [0.05, 0.1) is 22.9 Å². The van der Waals surface area contributed by atoms with Crippen LogP contribution in [0.25, 0.3) is 0 Å². The summed E-state index contributed by atoms with van der Waals surface area (Å²) in [5, 5.41) is 5.32. The molecule has 6 heteroatoms. The Labute approximate surface area is 146 Å². The molecule has 1 saturated heterocycles. The number of anilines is 1. The number of pyridine rings is 1. The van der Waals surface area contributed by atoms with E-state index in [1.807, 2.05) is 6.07 Å². The fraction of sp³-hybridized carbons (Fsp3) is 0.500. The molecule has 0 N–H and O–H groups in total. The van der Waals surface area contributed by atoms with E-state index in [0.29, 0.717) is 11.6 Å². The summed E-state index contributed by atoms with van der Waals surface area (Å²) in [7, 11) is 0. The molecule has 4 rings (SSSR count). The van der Waals surface area contributed by atoms with Crippen molar-refractivity contribution in [2.75, 3.05) is 11.4 Å². The lowest BCUT2D eigenvalue weighted by Crippen LogP contribution is -2.38. The average Bonchev–Trinajstić information content (AvgIpc) is 3.04. The lowest BCUT2D eigenvalue weighted by Gasteiger charge is -2.28. The minimum atomic E-state index is 0.0170. The van der Waals surface area contributed by atoms with Crippen molar-refractivity contribution in [2.45, 2.75) is 51.1 Å². The molecule has 3 heterocycles. The van der Waals surface area contributed by atoms with Crippen LogP contribution in [0.3, 0.4) is 0 Å². The zero-order valence-electron chi connectivity index (χ0n) is 13.6. The average molecular weight is 345 g/mol. The fourth-order valence-corrected chi connectivity index (χ4v) is 4.10. The maximum absolute atomic E-state index is 12.4. The van der Waals surface area contributed by atoms with Gasteiger partial charge in [0.2, 0.25) is 0 Å². The predicted molar refractivity (Wildman–Crippen MR) is 94.8 cm³/mol. The summed E-state index contributed by atoms with van der Waals surface area (Å²) in [4.78, 5) is 18.8. The molecule has 5 nitrogen and oxygen atoms in total. The van der Waals surface area contributed by atoms with Crippen molar-refractivity contribution in [3.05, 3.63) is 51.2 Å². The normalized spacial score (nSPS) is 20.2. The van der Waals surface area contributed by atoms with Crippen LogP contribution in [0.2, 0.25) is 5.02 Å². The molecular weight excluding hydrogens is 324 g/mol. The molecule has 1 fully saturated rings. The number of halogens is 1. The summed E-state index contributed by atoms with van der Waals surface area (Å²) in [6.45, 7) is 1.57. The first kappa shape index (κ1) is 15.6. The lowest BCUT2D eigenvalue weighted by molar-refractivity contribution is 0.473. The first-order valence-electron chi connectivity index (χ1n) is 8.68. The molecule has 0 radical (unpaired) electrons. The minimum Gasteiger partial charge on any atom is -0.365 e. The smallest absolute Gasteiger partial charge is 0.267 e. The van der Waals surface area contributed by atoms with Gasteiger partial charge < -0.3 is 4.90 Å². The van der Waals surface area contributed by atoms with E-state index in [4.69, 9.17) is 11.6 Å². The van der Waals surface area contributed by atoms with Crippen molar-refractivity contribution >= 4 is 17.3 Å². The van der Waals surface area contributed by atoms with Gasteiger partial charge in [0, 0.05) is 31.0 Å². The Morgan fingerprint density at radius 1 is 1.25 bits per heavy atom. The van der Waals surface area contributed by atoms with Gasteiger partial charge in [-0.15, -0.1) is 0 Å². The van der Waals surface area contributed by atoms with Crippen molar-refractivity contribution in [1.29, 1.82) is 0 Å². The Bertz CT molecular complexity index is 804. The fourth-order valence-electron chi connectivity index (χ4n) is 3.87. The number of aromatic nitrogens is 3. The van der Waals surface area contributed by atoms with E-state index in [0.717, 1.165) is 55.6 Å². The first-order valence-corrected chi connectivity index (χ1v) is 9.06. The van der Waals surface area contributed by atoms with E-state index < -0.39 is 0 Å². The van der Waals surface area contributed by atoms with Gasteiger partial charge in [-0.25, -0.2) is 4.68 Å². The summed E-state index contributed by atoms with van der Waals surface area (Å²) in [6.07, 6.45) is 9.89. The molecule has 0 bridgehead atoms. The molecule has 0 saturated carbocycles. The number of nitrogens with zero attached hydrogens (tertiary/aromatic N) is 4. The van der Waals surface area contributed by atoms with Gasteiger partial charge in [-0.2, -0.15) is 5.10 Å². The Morgan fingerprint density at radius 2 is 2.12 bits per heavy atom. The largest absolute Gasteiger partial charge is 0.365 e. The van der Waals surface area contributed by atoms with Crippen molar-refractivity contribution in [3.8, 4) is 0 Å². The number of rotatable bonds is 3. The van der Waals surface area contributed by atoms with E-state index in [1.165, 1.54) is 6.42 Å². The third kappa shape index (κ3) is 2.93. The van der Waals surface area contributed by atoms with Crippen LogP contribution in [0.4, 0.5) is 5.69 Å². The van der Waals surface area contributed by atoms with E-state index in [1.54, 1.807) is 23.1 Å². The molecule has 0 amide bonds. The predicted octanol–water partition coefficient (Wildman–Crippen LogP) is 2.84. The Balaban J connectivity index is 1.61. The molecule has 2 aromatic rings. The quantitative estimate of drug-likeness (QED) is 0.859. The molecule has 0 spiro atoms. The third-order valence-corrected chi connectivity index (χ3v) is 5.39. The highest BCUT2D eigenvalue weighted by Crippen LogP contribution is 2.31. The van der Waals surface area contributed by atoms with Crippen LogP contribution in [-0.2, 0) is 19.4 Å². The molecule has 2 aromatic heterocycles. The highest BCUT2D eigenvalue weighted by atomic mass is 35.5. The van der Waals surface area contributed by atoms with E-state index in [2.05, 4.69) is 15.0 Å². The second kappa shape index (κ2) is 6.55. The van der Waals surface area contributed by atoms with Gasteiger partial charge in [-0.3, -0.25) is 9.78 Å². The third-order valence-electron chi connectivity index (χ3n) is 5.10. The number of aryl methyl sites for hydroxylation is 2. The maximum atomic E-state index is 12.4. The maximum Gasteiger partial charge on any atom is 0.267 e. The Kier molecular flexibility index (Phi) is 4.27. The Morgan fingerprint density at radius 3 is 3.00 bits per heavy atom. The first-order chi connectivity index (χ1) is 11.7. The topological polar surface area (TPSA) is 51.0 Å². The van der Waals surface area contributed by atoms with Crippen LogP contribution in [0, 0.1) is 0 Å². The molecule has 0 aromatic carbocycles. The molecule has 1 unspecified atom stereocenters. The summed E-state index contributed by atoms with van der Waals surface area (Å²) in [5.74, 6) is 0. The van der Waals surface area contributed by atoms with Gasteiger partial charge in [0.15, 0.2) is 0 Å². The second-order valence-electron chi connectivity index (χ2n) is 6.66. The van der Waals surface area contributed by atoms with Crippen molar-refractivity contribution in [3.63, 3.8) is 0 Å². The van der Waals surface area contributed by atoms with Crippen LogP contribution in [0.5, 0.6) is 0 Å². The lowest BCUT2D eigenvalue weighted by atomic mass is 9.97. The van der Waals surface area contributed by atoms with Gasteiger partial charge >= 0.3 is 0 Å². The molecular formula is C18H21ClN4O. The highest BCUT2D eigenvalue weighted by Gasteiger charge is 2.27. The zero-order valence-corrected chi connectivity index (χ0v) is 14.4. The van der Waals surface area contributed by atoms with Crippen LogP contribution < -0.4 is 10.5 Å². The SMILES string of the molecule is O=c1cc2c(nn1CC1CCCN1c1ccncc1Cl)CCCC2. The van der Waals surface area contributed by atoms with Crippen molar-refractivity contribution < 1.29 is 0 Å². The van der Waals surface area contributed by atoms with Crippen LogP contribution >= 0.6 is 11.6 Å². The molecule has 126 valence electrons. The summed E-state index contributed by atoms with van der Waals surface area (Å²) in [5.41, 5.74) is 3.26. The zero-order chi connectivity index (χ0) is 16.5. The molecule has 24 heavy (non-hydrogen) atoms. The molecule has 2 aliphatic rings. The summed E-state index contributed by atoms with van der Waals surface area (Å²) in [6, 6.07) is 3.99. The Hall–Kier alpha value is -1.88. The highest BCUT2D eigenvalue weighted by molar-refractivity contribution is 6.33. The number of fused-ring (bicyclic) bond motifs is 1. The van der Waals surface area contributed by atoms with Crippen LogP contribution in [-0.4, -0.2) is 27.4 Å². The second-order valence-corrected chi connectivity index (χ2v) is 7.07. The van der Waals surface area contributed by atoms with Gasteiger partial charge in [-0.05, 0) is 50.2 Å². The van der Waals surface area contributed by atoms with E-state index >= 15 is 0 Å².